The van der Waals surface area contributed by atoms with E-state index in [1.54, 1.807) is 0 Å². The predicted molar refractivity (Wildman–Crippen MR) is 68.6 cm³/mol. The summed E-state index contributed by atoms with van der Waals surface area (Å²) >= 11 is 1.81. The molecule has 0 unspecified atom stereocenters. The molecule has 1 aromatic rings. The Hall–Kier alpha value is -0.970. The van der Waals surface area contributed by atoms with Crippen molar-refractivity contribution in [2.24, 2.45) is 18.0 Å². The number of imidazole rings is 1. The first-order valence-corrected chi connectivity index (χ1v) is 6.55. The second-order valence-corrected chi connectivity index (χ2v) is 5.39. The van der Waals surface area contributed by atoms with Crippen molar-refractivity contribution in [2.45, 2.75) is 26.4 Å². The molecule has 16 heavy (non-hydrogen) atoms. The van der Waals surface area contributed by atoms with E-state index in [1.165, 1.54) is 0 Å². The molecule has 1 atom stereocenters. The molecule has 0 bridgehead atoms. The van der Waals surface area contributed by atoms with E-state index in [-0.39, 0.29) is 0 Å². The molecule has 4 nitrogen and oxygen atoms in total. The summed E-state index contributed by atoms with van der Waals surface area (Å²) in [6.07, 6.45) is 3.75. The van der Waals surface area contributed by atoms with E-state index in [9.17, 15) is 0 Å². The Morgan fingerprint density at radius 2 is 2.50 bits per heavy atom. The van der Waals surface area contributed by atoms with Crippen LogP contribution in [0.2, 0.25) is 0 Å². The molecule has 0 radical (unpaired) electrons. The molecule has 0 aliphatic carbocycles. The minimum atomic E-state index is 0.560. The van der Waals surface area contributed by atoms with Crippen LogP contribution in [0.5, 0.6) is 0 Å². The lowest BCUT2D eigenvalue weighted by Crippen LogP contribution is -2.31. The van der Waals surface area contributed by atoms with Crippen LogP contribution in [0, 0.1) is 5.92 Å². The molecule has 1 aliphatic rings. The zero-order valence-corrected chi connectivity index (χ0v) is 10.8. The minimum Gasteiger partial charge on any atom is -0.361 e. The summed E-state index contributed by atoms with van der Waals surface area (Å²) in [5, 5.41) is 4.51. The normalized spacial score (nSPS) is 23.0. The number of aryl methyl sites for hydroxylation is 1. The van der Waals surface area contributed by atoms with E-state index < -0.39 is 0 Å². The van der Waals surface area contributed by atoms with Crippen molar-refractivity contribution in [3.05, 3.63) is 18.2 Å². The summed E-state index contributed by atoms with van der Waals surface area (Å²) in [6, 6.07) is 0.560. The van der Waals surface area contributed by atoms with Gasteiger partial charge >= 0.3 is 0 Å². The molecule has 0 spiro atoms. The van der Waals surface area contributed by atoms with Gasteiger partial charge in [0.15, 0.2) is 5.17 Å². The standard InChI is InChI=1S/C11H18N4S/c1-8(2)9-7-16-11(14-9)13-6-10-12-4-5-15(10)3/h4-5,8-9H,6-7H2,1-3H3,(H,13,14)/t9-/m1/s1. The van der Waals surface area contributed by atoms with Gasteiger partial charge in [0, 0.05) is 31.2 Å². The smallest absolute Gasteiger partial charge is 0.157 e. The highest BCUT2D eigenvalue weighted by molar-refractivity contribution is 8.14. The molecule has 1 N–H and O–H groups in total. The van der Waals surface area contributed by atoms with Gasteiger partial charge in [-0.1, -0.05) is 25.6 Å². The second kappa shape index (κ2) is 4.91. The third-order valence-electron chi connectivity index (χ3n) is 2.80. The maximum atomic E-state index is 4.54. The molecular formula is C11H18N4S. The Bertz CT molecular complexity index is 383. The van der Waals surface area contributed by atoms with Gasteiger partial charge in [-0.3, -0.25) is 4.99 Å². The van der Waals surface area contributed by atoms with E-state index in [0.29, 0.717) is 18.5 Å². The molecule has 0 amide bonds. The Labute approximate surface area is 101 Å². The predicted octanol–water partition coefficient (Wildman–Crippen LogP) is 1.64. The zero-order valence-electron chi connectivity index (χ0n) is 9.97. The number of thioether (sulfide) groups is 1. The Morgan fingerprint density at radius 1 is 1.69 bits per heavy atom. The number of hydrogen-bond donors (Lipinski definition) is 1. The van der Waals surface area contributed by atoms with Crippen LogP contribution in [0.4, 0.5) is 0 Å². The molecule has 1 saturated heterocycles. The van der Waals surface area contributed by atoms with Crippen LogP contribution in [-0.4, -0.2) is 26.5 Å². The van der Waals surface area contributed by atoms with Crippen molar-refractivity contribution in [2.75, 3.05) is 5.75 Å². The van der Waals surface area contributed by atoms with E-state index in [1.807, 2.05) is 35.8 Å². The highest BCUT2D eigenvalue weighted by atomic mass is 32.2. The molecule has 1 fully saturated rings. The average molecular weight is 238 g/mol. The quantitative estimate of drug-likeness (QED) is 0.870. The van der Waals surface area contributed by atoms with Crippen LogP contribution in [0.3, 0.4) is 0 Å². The van der Waals surface area contributed by atoms with Gasteiger partial charge in [-0.2, -0.15) is 0 Å². The van der Waals surface area contributed by atoms with Crippen LogP contribution in [0.1, 0.15) is 19.7 Å². The first-order valence-electron chi connectivity index (χ1n) is 5.57. The van der Waals surface area contributed by atoms with Gasteiger partial charge in [-0.25, -0.2) is 4.98 Å². The van der Waals surface area contributed by atoms with Gasteiger partial charge < -0.3 is 9.88 Å². The lowest BCUT2D eigenvalue weighted by atomic mass is 10.1. The Balaban J connectivity index is 1.92. The van der Waals surface area contributed by atoms with Crippen LogP contribution in [0.25, 0.3) is 0 Å². The average Bonchev–Trinajstić information content (AvgIpc) is 2.83. The van der Waals surface area contributed by atoms with Crippen LogP contribution in [0.15, 0.2) is 17.4 Å². The van der Waals surface area contributed by atoms with Crippen molar-refractivity contribution in [1.29, 1.82) is 0 Å². The van der Waals surface area contributed by atoms with Crippen molar-refractivity contribution < 1.29 is 0 Å². The van der Waals surface area contributed by atoms with E-state index in [0.717, 1.165) is 16.7 Å². The largest absolute Gasteiger partial charge is 0.361 e. The van der Waals surface area contributed by atoms with Gasteiger partial charge in [0.05, 0.1) is 6.54 Å². The first-order chi connectivity index (χ1) is 7.66. The number of rotatable bonds is 3. The summed E-state index contributed by atoms with van der Waals surface area (Å²) in [4.78, 5) is 8.79. The Kier molecular flexibility index (Phi) is 3.53. The number of nitrogens with zero attached hydrogens (tertiary/aromatic N) is 3. The molecule has 2 rings (SSSR count). The number of hydrogen-bond acceptors (Lipinski definition) is 3. The summed E-state index contributed by atoms with van der Waals surface area (Å²) in [5.41, 5.74) is 0. The zero-order chi connectivity index (χ0) is 11.5. The second-order valence-electron chi connectivity index (χ2n) is 4.38. The van der Waals surface area contributed by atoms with Gasteiger partial charge in [0.25, 0.3) is 0 Å². The lowest BCUT2D eigenvalue weighted by Gasteiger charge is -2.13. The lowest BCUT2D eigenvalue weighted by molar-refractivity contribution is 0.503. The fourth-order valence-electron chi connectivity index (χ4n) is 1.55. The fourth-order valence-corrected chi connectivity index (χ4v) is 2.75. The molecular weight excluding hydrogens is 220 g/mol. The SMILES string of the molecule is CC(C)[C@H]1CSC(=NCc2nccn2C)N1. The molecule has 0 saturated carbocycles. The van der Waals surface area contributed by atoms with Crippen LogP contribution >= 0.6 is 11.8 Å². The number of aliphatic imine (C=N–C) groups is 1. The van der Waals surface area contributed by atoms with E-state index >= 15 is 0 Å². The molecule has 5 heteroatoms. The summed E-state index contributed by atoms with van der Waals surface area (Å²) in [6.45, 7) is 5.13. The third kappa shape index (κ3) is 2.58. The summed E-state index contributed by atoms with van der Waals surface area (Å²) in [7, 11) is 1.99. The van der Waals surface area contributed by atoms with Gasteiger partial charge in [-0.15, -0.1) is 0 Å². The summed E-state index contributed by atoms with van der Waals surface area (Å²) < 4.78 is 2.00. The van der Waals surface area contributed by atoms with E-state index in [2.05, 4.69) is 29.1 Å². The van der Waals surface area contributed by atoms with Crippen LogP contribution < -0.4 is 5.32 Å². The topological polar surface area (TPSA) is 42.2 Å². The number of aromatic nitrogens is 2. The summed E-state index contributed by atoms with van der Waals surface area (Å²) in [5.74, 6) is 2.79. The Morgan fingerprint density at radius 3 is 3.06 bits per heavy atom. The number of amidine groups is 1. The maximum Gasteiger partial charge on any atom is 0.157 e. The maximum absolute atomic E-state index is 4.54. The first kappa shape index (κ1) is 11.5. The van der Waals surface area contributed by atoms with Gasteiger partial charge in [0.1, 0.15) is 5.82 Å². The van der Waals surface area contributed by atoms with Crippen molar-refractivity contribution in [1.82, 2.24) is 14.9 Å². The highest BCUT2D eigenvalue weighted by Crippen LogP contribution is 2.19. The third-order valence-corrected chi connectivity index (χ3v) is 3.84. The number of nitrogens with one attached hydrogen (secondary N) is 1. The minimum absolute atomic E-state index is 0.560. The monoisotopic (exact) mass is 238 g/mol. The molecule has 88 valence electrons. The highest BCUT2D eigenvalue weighted by Gasteiger charge is 2.22. The fraction of sp³-hybridized carbons (Fsp3) is 0.636. The molecule has 1 aromatic heterocycles. The van der Waals surface area contributed by atoms with Crippen molar-refractivity contribution in [3.63, 3.8) is 0 Å². The molecule has 1 aliphatic heterocycles. The molecule has 0 aromatic carbocycles. The van der Waals surface area contributed by atoms with Crippen molar-refractivity contribution >= 4 is 16.9 Å². The van der Waals surface area contributed by atoms with E-state index in [4.69, 9.17) is 0 Å². The van der Waals surface area contributed by atoms with Crippen LogP contribution in [-0.2, 0) is 13.6 Å². The molecule has 2 heterocycles. The van der Waals surface area contributed by atoms with Crippen molar-refractivity contribution in [3.8, 4) is 0 Å². The van der Waals surface area contributed by atoms with Gasteiger partial charge in [0.2, 0.25) is 0 Å². The van der Waals surface area contributed by atoms with Gasteiger partial charge in [-0.05, 0) is 5.92 Å².